The second kappa shape index (κ2) is 6.43. The Morgan fingerprint density at radius 3 is 2.93 bits per heavy atom. The predicted octanol–water partition coefficient (Wildman–Crippen LogP) is 1.34. The zero-order valence-electron chi connectivity index (χ0n) is 9.33. The van der Waals surface area contributed by atoms with Gasteiger partial charge in [0.25, 0.3) is 0 Å². The fourth-order valence-electron chi connectivity index (χ4n) is 1.79. The Morgan fingerprint density at radius 2 is 2.20 bits per heavy atom. The predicted molar refractivity (Wildman–Crippen MR) is 56.3 cm³/mol. The molecular weight excluding hydrogens is 194 g/mol. The lowest BCUT2D eigenvalue weighted by Crippen LogP contribution is -2.31. The van der Waals surface area contributed by atoms with Crippen molar-refractivity contribution in [1.82, 2.24) is 4.90 Å². The second-order valence-corrected chi connectivity index (χ2v) is 3.87. The molecule has 1 heterocycles. The first-order chi connectivity index (χ1) is 7.24. The third kappa shape index (κ3) is 4.32. The molecule has 0 aromatic heterocycles. The van der Waals surface area contributed by atoms with Gasteiger partial charge in [-0.3, -0.25) is 9.59 Å². The van der Waals surface area contributed by atoms with E-state index in [9.17, 15) is 9.59 Å². The van der Waals surface area contributed by atoms with Crippen molar-refractivity contribution in [3.63, 3.8) is 0 Å². The Labute approximate surface area is 90.6 Å². The maximum atomic E-state index is 11.6. The summed E-state index contributed by atoms with van der Waals surface area (Å²) < 4.78 is 4.55. The monoisotopic (exact) mass is 213 g/mol. The smallest absolute Gasteiger partial charge is 0.305 e. The fraction of sp³-hybridized carbons (Fsp3) is 0.818. The highest BCUT2D eigenvalue weighted by atomic mass is 16.5. The third-order valence-electron chi connectivity index (χ3n) is 2.71. The van der Waals surface area contributed by atoms with E-state index < -0.39 is 0 Å². The summed E-state index contributed by atoms with van der Waals surface area (Å²) in [7, 11) is 1.39. The lowest BCUT2D eigenvalue weighted by Gasteiger charge is -2.19. The average Bonchev–Trinajstić information content (AvgIpc) is 2.44. The number of nitrogens with zero attached hydrogens (tertiary/aromatic N) is 1. The maximum Gasteiger partial charge on any atom is 0.305 e. The molecule has 0 saturated carbocycles. The van der Waals surface area contributed by atoms with Crippen LogP contribution in [0, 0.1) is 0 Å². The molecule has 4 nitrogen and oxygen atoms in total. The molecule has 1 aliphatic rings. The molecule has 1 saturated heterocycles. The van der Waals surface area contributed by atoms with Gasteiger partial charge in [0.05, 0.1) is 7.11 Å². The Hall–Kier alpha value is -1.06. The molecule has 0 spiro atoms. The molecule has 1 fully saturated rings. The molecule has 1 amide bonds. The lowest BCUT2D eigenvalue weighted by atomic mass is 10.2. The molecule has 0 radical (unpaired) electrons. The van der Waals surface area contributed by atoms with Crippen molar-refractivity contribution in [3.8, 4) is 0 Å². The van der Waals surface area contributed by atoms with Crippen LogP contribution in [0.2, 0.25) is 0 Å². The molecule has 0 aliphatic carbocycles. The van der Waals surface area contributed by atoms with Crippen LogP contribution in [-0.4, -0.2) is 37.0 Å². The number of likely N-dealkylation sites (tertiary alicyclic amines) is 1. The summed E-state index contributed by atoms with van der Waals surface area (Å²) in [6.07, 6.45) is 5.01. The third-order valence-corrected chi connectivity index (χ3v) is 2.71. The zero-order chi connectivity index (χ0) is 11.1. The van der Waals surface area contributed by atoms with Crippen molar-refractivity contribution in [2.45, 2.75) is 38.5 Å². The number of carbonyl (C=O) groups is 2. The highest BCUT2D eigenvalue weighted by Crippen LogP contribution is 2.11. The van der Waals surface area contributed by atoms with Gasteiger partial charge in [-0.25, -0.2) is 0 Å². The number of hydrogen-bond acceptors (Lipinski definition) is 3. The van der Waals surface area contributed by atoms with Crippen molar-refractivity contribution in [1.29, 1.82) is 0 Å². The molecule has 86 valence electrons. The quantitative estimate of drug-likeness (QED) is 0.662. The van der Waals surface area contributed by atoms with Crippen molar-refractivity contribution < 1.29 is 14.3 Å². The SMILES string of the molecule is COC(=O)CCCN1CCCCCC1=O. The highest BCUT2D eigenvalue weighted by molar-refractivity contribution is 5.76. The van der Waals surface area contributed by atoms with Gasteiger partial charge in [0, 0.05) is 25.9 Å². The van der Waals surface area contributed by atoms with Crippen LogP contribution >= 0.6 is 0 Å². The minimum atomic E-state index is -0.197. The van der Waals surface area contributed by atoms with E-state index in [1.165, 1.54) is 7.11 Å². The van der Waals surface area contributed by atoms with E-state index in [1.807, 2.05) is 4.90 Å². The molecule has 0 bridgehead atoms. The topological polar surface area (TPSA) is 46.6 Å². The summed E-state index contributed by atoms with van der Waals surface area (Å²) >= 11 is 0. The number of ether oxygens (including phenoxy) is 1. The standard InChI is InChI=1S/C11H19NO3/c1-15-11(14)7-5-9-12-8-4-2-3-6-10(12)13/h2-9H2,1H3. The molecule has 0 aromatic rings. The Kier molecular flexibility index (Phi) is 5.15. The van der Waals surface area contributed by atoms with Crippen LogP contribution in [0.1, 0.15) is 38.5 Å². The molecule has 0 unspecified atom stereocenters. The number of rotatable bonds is 4. The number of esters is 1. The summed E-state index contributed by atoms with van der Waals surface area (Å²) in [6.45, 7) is 1.54. The van der Waals surface area contributed by atoms with Crippen LogP contribution in [0.3, 0.4) is 0 Å². The van der Waals surface area contributed by atoms with Gasteiger partial charge in [0.2, 0.25) is 5.91 Å². The zero-order valence-corrected chi connectivity index (χ0v) is 9.33. The summed E-state index contributed by atoms with van der Waals surface area (Å²) in [6, 6.07) is 0. The Balaban J connectivity index is 2.23. The van der Waals surface area contributed by atoms with Gasteiger partial charge in [-0.15, -0.1) is 0 Å². The fourth-order valence-corrected chi connectivity index (χ4v) is 1.79. The summed E-state index contributed by atoms with van der Waals surface area (Å²) in [5.74, 6) is 0.0367. The van der Waals surface area contributed by atoms with E-state index in [4.69, 9.17) is 0 Å². The van der Waals surface area contributed by atoms with E-state index in [1.54, 1.807) is 0 Å². The van der Waals surface area contributed by atoms with Gasteiger partial charge < -0.3 is 9.64 Å². The van der Waals surface area contributed by atoms with Crippen LogP contribution in [0.5, 0.6) is 0 Å². The molecule has 0 aromatic carbocycles. The van der Waals surface area contributed by atoms with Crippen molar-refractivity contribution >= 4 is 11.9 Å². The molecule has 0 N–H and O–H groups in total. The normalized spacial score (nSPS) is 17.4. The van der Waals surface area contributed by atoms with Crippen LogP contribution in [0.25, 0.3) is 0 Å². The molecule has 15 heavy (non-hydrogen) atoms. The second-order valence-electron chi connectivity index (χ2n) is 3.87. The van der Waals surface area contributed by atoms with Crippen molar-refractivity contribution in [2.75, 3.05) is 20.2 Å². The van der Waals surface area contributed by atoms with Gasteiger partial charge in [-0.2, -0.15) is 0 Å². The van der Waals surface area contributed by atoms with E-state index in [0.717, 1.165) is 25.8 Å². The minimum Gasteiger partial charge on any atom is -0.469 e. The van der Waals surface area contributed by atoms with Crippen LogP contribution in [0.15, 0.2) is 0 Å². The highest BCUT2D eigenvalue weighted by Gasteiger charge is 2.16. The van der Waals surface area contributed by atoms with Gasteiger partial charge >= 0.3 is 5.97 Å². The van der Waals surface area contributed by atoms with Crippen LogP contribution < -0.4 is 0 Å². The van der Waals surface area contributed by atoms with Crippen LogP contribution in [0.4, 0.5) is 0 Å². The first kappa shape index (κ1) is 12.0. The number of carbonyl (C=O) groups excluding carboxylic acids is 2. The minimum absolute atomic E-state index is 0.197. The number of hydrogen-bond donors (Lipinski definition) is 0. The van der Waals surface area contributed by atoms with Gasteiger partial charge in [0.15, 0.2) is 0 Å². The van der Waals surface area contributed by atoms with Gasteiger partial charge in [0.1, 0.15) is 0 Å². The van der Waals surface area contributed by atoms with E-state index in [-0.39, 0.29) is 11.9 Å². The van der Waals surface area contributed by atoms with Gasteiger partial charge in [-0.1, -0.05) is 6.42 Å². The number of amides is 1. The molecular formula is C11H19NO3. The van der Waals surface area contributed by atoms with Crippen molar-refractivity contribution in [3.05, 3.63) is 0 Å². The lowest BCUT2D eigenvalue weighted by molar-refractivity contribution is -0.141. The Bertz CT molecular complexity index is 228. The van der Waals surface area contributed by atoms with Gasteiger partial charge in [-0.05, 0) is 19.3 Å². The first-order valence-electron chi connectivity index (χ1n) is 5.58. The molecule has 1 rings (SSSR count). The Morgan fingerprint density at radius 1 is 1.40 bits per heavy atom. The molecule has 4 heteroatoms. The molecule has 1 aliphatic heterocycles. The van der Waals surface area contributed by atoms with E-state index in [0.29, 0.717) is 25.8 Å². The largest absolute Gasteiger partial charge is 0.469 e. The first-order valence-corrected chi connectivity index (χ1v) is 5.58. The summed E-state index contributed by atoms with van der Waals surface area (Å²) in [4.78, 5) is 24.3. The van der Waals surface area contributed by atoms with Crippen LogP contribution in [-0.2, 0) is 14.3 Å². The summed E-state index contributed by atoms with van der Waals surface area (Å²) in [5, 5.41) is 0. The number of methoxy groups -OCH3 is 1. The van der Waals surface area contributed by atoms with E-state index in [2.05, 4.69) is 4.74 Å². The summed E-state index contributed by atoms with van der Waals surface area (Å²) in [5.41, 5.74) is 0. The maximum absolute atomic E-state index is 11.6. The van der Waals surface area contributed by atoms with Crippen molar-refractivity contribution in [2.24, 2.45) is 0 Å². The average molecular weight is 213 g/mol. The van der Waals surface area contributed by atoms with E-state index >= 15 is 0 Å². The molecule has 0 atom stereocenters.